The monoisotopic (exact) mass is 378 g/mol. The number of aromatic amines is 1. The van der Waals surface area contributed by atoms with Gasteiger partial charge in [0.15, 0.2) is 11.0 Å². The van der Waals surface area contributed by atoms with Crippen LogP contribution in [0.4, 0.5) is 13.9 Å². The first kappa shape index (κ1) is 15.9. The summed E-state index contributed by atoms with van der Waals surface area (Å²) in [6.45, 7) is 0. The number of hydrogen-bond donors (Lipinski definition) is 2. The lowest BCUT2D eigenvalue weighted by atomic mass is 10.2. The van der Waals surface area contributed by atoms with Crippen LogP contribution in [0.2, 0.25) is 5.02 Å². The Bertz CT molecular complexity index is 1110. The molecular weight excluding hydrogens is 370 g/mol. The number of amides is 1. The van der Waals surface area contributed by atoms with E-state index in [0.717, 1.165) is 10.2 Å². The second-order valence-electron chi connectivity index (χ2n) is 5.24. The summed E-state index contributed by atoms with van der Waals surface area (Å²) >= 11 is 7.24. The molecule has 5 nitrogen and oxygen atoms in total. The van der Waals surface area contributed by atoms with Crippen molar-refractivity contribution < 1.29 is 13.6 Å². The second-order valence-corrected chi connectivity index (χ2v) is 6.71. The molecule has 0 spiro atoms. The normalized spacial score (nSPS) is 11.5. The van der Waals surface area contributed by atoms with Gasteiger partial charge in [0.2, 0.25) is 0 Å². The maximum absolute atomic E-state index is 12.7. The molecule has 0 saturated heterocycles. The number of halogens is 3. The molecule has 0 saturated carbocycles. The minimum atomic E-state index is -2.70. The summed E-state index contributed by atoms with van der Waals surface area (Å²) in [6.07, 6.45) is -2.70. The molecule has 0 aliphatic heterocycles. The summed E-state index contributed by atoms with van der Waals surface area (Å²) < 4.78 is 26.2. The fourth-order valence-electron chi connectivity index (χ4n) is 2.40. The van der Waals surface area contributed by atoms with Gasteiger partial charge < -0.3 is 4.98 Å². The van der Waals surface area contributed by atoms with Gasteiger partial charge in [-0.15, -0.1) is 0 Å². The van der Waals surface area contributed by atoms with Crippen LogP contribution in [0.1, 0.15) is 22.6 Å². The van der Waals surface area contributed by atoms with Crippen LogP contribution in [0, 0.1) is 0 Å². The van der Waals surface area contributed by atoms with E-state index in [1.165, 1.54) is 29.5 Å². The number of rotatable bonds is 3. The molecule has 9 heteroatoms. The Labute approximate surface area is 148 Å². The third-order valence-electron chi connectivity index (χ3n) is 3.54. The van der Waals surface area contributed by atoms with Gasteiger partial charge in [-0.05, 0) is 36.4 Å². The lowest BCUT2D eigenvalue weighted by molar-refractivity contribution is 0.102. The highest BCUT2D eigenvalue weighted by molar-refractivity contribution is 7.22. The molecule has 1 amide bonds. The summed E-state index contributed by atoms with van der Waals surface area (Å²) in [5.74, 6) is -0.809. The average molecular weight is 379 g/mol. The minimum absolute atomic E-state index is 0.314. The summed E-state index contributed by atoms with van der Waals surface area (Å²) in [5, 5.41) is 3.73. The van der Waals surface area contributed by atoms with Crippen molar-refractivity contribution in [1.82, 2.24) is 15.0 Å². The molecule has 2 heterocycles. The highest BCUT2D eigenvalue weighted by Gasteiger charge is 2.15. The number of alkyl halides is 2. The number of nitrogens with one attached hydrogen (secondary N) is 2. The van der Waals surface area contributed by atoms with Crippen LogP contribution in [-0.4, -0.2) is 20.9 Å². The number of aromatic nitrogens is 3. The van der Waals surface area contributed by atoms with E-state index in [1.807, 2.05) is 0 Å². The van der Waals surface area contributed by atoms with Crippen LogP contribution < -0.4 is 5.32 Å². The van der Waals surface area contributed by atoms with Crippen LogP contribution in [0.3, 0.4) is 0 Å². The third-order valence-corrected chi connectivity index (χ3v) is 4.71. The lowest BCUT2D eigenvalue weighted by Gasteiger charge is -2.01. The van der Waals surface area contributed by atoms with E-state index in [4.69, 9.17) is 11.6 Å². The van der Waals surface area contributed by atoms with Gasteiger partial charge in [0.05, 0.1) is 21.3 Å². The number of benzene rings is 2. The maximum Gasteiger partial charge on any atom is 0.295 e. The van der Waals surface area contributed by atoms with E-state index < -0.39 is 12.2 Å². The second kappa shape index (κ2) is 6.05. The van der Waals surface area contributed by atoms with Crippen molar-refractivity contribution >= 4 is 55.2 Å². The Morgan fingerprint density at radius 3 is 2.76 bits per heavy atom. The number of carbonyl (C=O) groups excluding carboxylic acids is 1. The Hall–Kier alpha value is -2.58. The van der Waals surface area contributed by atoms with Crippen LogP contribution in [0.15, 0.2) is 36.4 Å². The van der Waals surface area contributed by atoms with Gasteiger partial charge >= 0.3 is 0 Å². The zero-order chi connectivity index (χ0) is 17.6. The molecule has 126 valence electrons. The lowest BCUT2D eigenvalue weighted by Crippen LogP contribution is -2.11. The van der Waals surface area contributed by atoms with Crippen molar-refractivity contribution in [3.05, 3.63) is 52.8 Å². The summed E-state index contributed by atoms with van der Waals surface area (Å²) in [4.78, 5) is 23.0. The van der Waals surface area contributed by atoms with Crippen LogP contribution in [0.5, 0.6) is 0 Å². The van der Waals surface area contributed by atoms with E-state index in [2.05, 4.69) is 20.3 Å². The fourth-order valence-corrected chi connectivity index (χ4v) is 3.53. The standard InChI is InChI=1S/C16H9ClF2N4OS/c17-8-2-4-10-12(6-8)25-16(22-10)23-15(24)7-1-3-9-11(5-7)21-14(20-9)13(18)19/h1-6,13H,(H,20,21)(H,22,23,24). The van der Waals surface area contributed by atoms with Crippen LogP contribution in [-0.2, 0) is 0 Å². The maximum atomic E-state index is 12.7. The van der Waals surface area contributed by atoms with E-state index in [1.54, 1.807) is 18.2 Å². The predicted octanol–water partition coefficient (Wildman–Crippen LogP) is 5.02. The number of H-pyrrole nitrogens is 1. The molecule has 2 aromatic heterocycles. The Kier molecular flexibility index (Phi) is 3.85. The molecule has 0 radical (unpaired) electrons. The SMILES string of the molecule is O=C(Nc1nc2ccc(Cl)cc2s1)c1ccc2nc(C(F)F)[nH]c2c1. The van der Waals surface area contributed by atoms with Crippen LogP contribution >= 0.6 is 22.9 Å². The van der Waals surface area contributed by atoms with Gasteiger partial charge in [-0.3, -0.25) is 10.1 Å². The molecule has 4 rings (SSSR count). The first-order valence-electron chi connectivity index (χ1n) is 7.15. The average Bonchev–Trinajstić information content (AvgIpc) is 3.16. The van der Waals surface area contributed by atoms with Gasteiger partial charge in [-0.1, -0.05) is 22.9 Å². The predicted molar refractivity (Wildman–Crippen MR) is 93.6 cm³/mol. The van der Waals surface area contributed by atoms with Gasteiger partial charge in [0.1, 0.15) is 0 Å². The number of thiazole rings is 1. The smallest absolute Gasteiger partial charge is 0.295 e. The largest absolute Gasteiger partial charge is 0.337 e. The Balaban J connectivity index is 1.62. The number of imidazole rings is 1. The van der Waals surface area contributed by atoms with Gasteiger partial charge in [-0.25, -0.2) is 18.7 Å². The van der Waals surface area contributed by atoms with Gasteiger partial charge in [0, 0.05) is 10.6 Å². The molecule has 2 N–H and O–H groups in total. The molecule has 0 unspecified atom stereocenters. The highest BCUT2D eigenvalue weighted by Crippen LogP contribution is 2.29. The number of anilines is 1. The quantitative estimate of drug-likeness (QED) is 0.526. The number of fused-ring (bicyclic) bond motifs is 2. The molecule has 2 aromatic carbocycles. The molecular formula is C16H9ClF2N4OS. The van der Waals surface area contributed by atoms with Crippen molar-refractivity contribution in [2.24, 2.45) is 0 Å². The van der Waals surface area contributed by atoms with Crippen molar-refractivity contribution in [1.29, 1.82) is 0 Å². The first-order valence-corrected chi connectivity index (χ1v) is 8.34. The summed E-state index contributed by atoms with van der Waals surface area (Å²) in [7, 11) is 0. The number of carbonyl (C=O) groups is 1. The van der Waals surface area contributed by atoms with Crippen LogP contribution in [0.25, 0.3) is 21.3 Å². The molecule has 0 fully saturated rings. The minimum Gasteiger partial charge on any atom is -0.337 e. The van der Waals surface area contributed by atoms with E-state index >= 15 is 0 Å². The Morgan fingerprint density at radius 1 is 1.16 bits per heavy atom. The highest BCUT2D eigenvalue weighted by atomic mass is 35.5. The first-order chi connectivity index (χ1) is 12.0. The molecule has 0 bridgehead atoms. The number of nitrogens with zero attached hydrogens (tertiary/aromatic N) is 2. The topological polar surface area (TPSA) is 70.7 Å². The van der Waals surface area contributed by atoms with Gasteiger partial charge in [-0.2, -0.15) is 0 Å². The Morgan fingerprint density at radius 2 is 1.96 bits per heavy atom. The molecule has 0 aliphatic carbocycles. The van der Waals surface area contributed by atoms with Crippen molar-refractivity contribution in [3.8, 4) is 0 Å². The van der Waals surface area contributed by atoms with E-state index in [9.17, 15) is 13.6 Å². The van der Waals surface area contributed by atoms with Crippen molar-refractivity contribution in [2.75, 3.05) is 5.32 Å². The van der Waals surface area contributed by atoms with E-state index in [-0.39, 0.29) is 5.91 Å². The van der Waals surface area contributed by atoms with Crippen molar-refractivity contribution in [3.63, 3.8) is 0 Å². The molecule has 0 atom stereocenters. The van der Waals surface area contributed by atoms with Gasteiger partial charge in [0.25, 0.3) is 12.3 Å². The molecule has 25 heavy (non-hydrogen) atoms. The van der Waals surface area contributed by atoms with Crippen molar-refractivity contribution in [2.45, 2.75) is 6.43 Å². The molecule has 4 aromatic rings. The number of hydrogen-bond acceptors (Lipinski definition) is 4. The fraction of sp³-hybridized carbons (Fsp3) is 0.0625. The zero-order valence-corrected chi connectivity index (χ0v) is 14.0. The molecule has 0 aliphatic rings. The third kappa shape index (κ3) is 3.06. The summed E-state index contributed by atoms with van der Waals surface area (Å²) in [6, 6.07) is 9.79. The zero-order valence-electron chi connectivity index (χ0n) is 12.4. The van der Waals surface area contributed by atoms with E-state index in [0.29, 0.717) is 26.8 Å². The summed E-state index contributed by atoms with van der Waals surface area (Å²) in [5.41, 5.74) is 1.80.